The van der Waals surface area contributed by atoms with Crippen molar-refractivity contribution in [2.24, 2.45) is 0 Å². The molecule has 19 heavy (non-hydrogen) atoms. The lowest BCUT2D eigenvalue weighted by Gasteiger charge is -2.16. The highest BCUT2D eigenvalue weighted by atomic mass is 16.2. The molecule has 0 saturated heterocycles. The summed E-state index contributed by atoms with van der Waals surface area (Å²) in [6.45, 7) is 7.83. The molecule has 1 amide bonds. The van der Waals surface area contributed by atoms with Crippen LogP contribution in [0.1, 0.15) is 29.8 Å². The number of hydrogen-bond acceptors (Lipinski definition) is 2. The summed E-state index contributed by atoms with van der Waals surface area (Å²) in [6.07, 6.45) is 1.71. The van der Waals surface area contributed by atoms with Crippen molar-refractivity contribution in [3.63, 3.8) is 0 Å². The molecular formula is C15H19N3O. The van der Waals surface area contributed by atoms with E-state index in [4.69, 9.17) is 0 Å². The van der Waals surface area contributed by atoms with E-state index in [1.54, 1.807) is 10.9 Å². The number of aryl methyl sites for hydroxylation is 2. The van der Waals surface area contributed by atoms with Crippen LogP contribution in [0.3, 0.4) is 0 Å². The maximum Gasteiger partial charge on any atom is 0.248 e. The normalized spacial score (nSPS) is 12.2. The average Bonchev–Trinajstić information content (AvgIpc) is 2.80. The second-order valence-electron chi connectivity index (χ2n) is 4.83. The van der Waals surface area contributed by atoms with Crippen molar-refractivity contribution in [2.75, 3.05) is 5.32 Å². The van der Waals surface area contributed by atoms with E-state index in [2.05, 4.69) is 10.4 Å². The lowest BCUT2D eigenvalue weighted by molar-refractivity contribution is -0.119. The summed E-state index contributed by atoms with van der Waals surface area (Å²) in [4.78, 5) is 12.3. The molecule has 2 aromatic rings. The number of nitrogens with one attached hydrogen (secondary N) is 1. The third-order valence-electron chi connectivity index (χ3n) is 3.48. The summed E-state index contributed by atoms with van der Waals surface area (Å²) >= 11 is 0. The van der Waals surface area contributed by atoms with E-state index in [1.165, 1.54) is 5.56 Å². The molecule has 0 aliphatic heterocycles. The first-order valence-electron chi connectivity index (χ1n) is 6.38. The largest absolute Gasteiger partial charge is 0.324 e. The second-order valence-corrected chi connectivity index (χ2v) is 4.83. The summed E-state index contributed by atoms with van der Waals surface area (Å²) in [6, 6.07) is 7.47. The number of amides is 1. The van der Waals surface area contributed by atoms with Gasteiger partial charge in [0.25, 0.3) is 0 Å². The summed E-state index contributed by atoms with van der Waals surface area (Å²) in [7, 11) is 0. The predicted molar refractivity (Wildman–Crippen MR) is 76.2 cm³/mol. The maximum atomic E-state index is 12.3. The standard InChI is InChI=1S/C15H19N3O/c1-10-6-5-7-14(12(10)3)17-15(19)13(4)18-11(2)8-9-16-18/h5-9,13H,1-4H3,(H,17,19). The number of carbonyl (C=O) groups is 1. The molecule has 1 aromatic heterocycles. The summed E-state index contributed by atoms with van der Waals surface area (Å²) in [5.41, 5.74) is 4.10. The number of rotatable bonds is 3. The monoisotopic (exact) mass is 257 g/mol. The van der Waals surface area contributed by atoms with E-state index in [-0.39, 0.29) is 11.9 Å². The molecule has 100 valence electrons. The quantitative estimate of drug-likeness (QED) is 0.918. The van der Waals surface area contributed by atoms with Crippen LogP contribution in [0.25, 0.3) is 0 Å². The zero-order chi connectivity index (χ0) is 14.0. The predicted octanol–water partition coefficient (Wildman–Crippen LogP) is 3.01. The van der Waals surface area contributed by atoms with Crippen LogP contribution >= 0.6 is 0 Å². The molecule has 1 heterocycles. The van der Waals surface area contributed by atoms with Gasteiger partial charge in [0.2, 0.25) is 5.91 Å². The van der Waals surface area contributed by atoms with Crippen molar-refractivity contribution >= 4 is 11.6 Å². The van der Waals surface area contributed by atoms with Gasteiger partial charge in [0.05, 0.1) is 0 Å². The Balaban J connectivity index is 2.18. The minimum absolute atomic E-state index is 0.0551. The number of benzene rings is 1. The Hall–Kier alpha value is -2.10. The van der Waals surface area contributed by atoms with E-state index < -0.39 is 0 Å². The Labute approximate surface area is 113 Å². The Morgan fingerprint density at radius 2 is 2.00 bits per heavy atom. The van der Waals surface area contributed by atoms with Gasteiger partial charge in [-0.25, -0.2) is 0 Å². The Morgan fingerprint density at radius 1 is 1.26 bits per heavy atom. The molecule has 2 rings (SSSR count). The van der Waals surface area contributed by atoms with Crippen LogP contribution in [0.5, 0.6) is 0 Å². The van der Waals surface area contributed by atoms with Crippen molar-refractivity contribution in [1.29, 1.82) is 0 Å². The van der Waals surface area contributed by atoms with Crippen molar-refractivity contribution < 1.29 is 4.79 Å². The van der Waals surface area contributed by atoms with Crippen LogP contribution in [0, 0.1) is 20.8 Å². The SMILES string of the molecule is Cc1cccc(NC(=O)C(C)n2nccc2C)c1C. The zero-order valence-electron chi connectivity index (χ0n) is 11.8. The molecule has 1 unspecified atom stereocenters. The van der Waals surface area contributed by atoms with Gasteiger partial charge in [-0.3, -0.25) is 9.48 Å². The van der Waals surface area contributed by atoms with Crippen LogP contribution in [-0.2, 0) is 4.79 Å². The third kappa shape index (κ3) is 2.67. The molecule has 0 radical (unpaired) electrons. The van der Waals surface area contributed by atoms with E-state index in [1.807, 2.05) is 52.0 Å². The van der Waals surface area contributed by atoms with Gasteiger partial charge in [0.15, 0.2) is 0 Å². The minimum atomic E-state index is -0.324. The maximum absolute atomic E-state index is 12.3. The lowest BCUT2D eigenvalue weighted by Crippen LogP contribution is -2.25. The molecule has 4 heteroatoms. The smallest absolute Gasteiger partial charge is 0.248 e. The molecule has 0 aliphatic rings. The van der Waals surface area contributed by atoms with Gasteiger partial charge in [-0.05, 0) is 51.0 Å². The van der Waals surface area contributed by atoms with Crippen molar-refractivity contribution in [3.05, 3.63) is 47.3 Å². The number of nitrogens with zero attached hydrogens (tertiary/aromatic N) is 2. The van der Waals surface area contributed by atoms with Crippen LogP contribution in [0.15, 0.2) is 30.5 Å². The fourth-order valence-corrected chi connectivity index (χ4v) is 2.02. The molecule has 4 nitrogen and oxygen atoms in total. The number of carbonyl (C=O) groups excluding carboxylic acids is 1. The van der Waals surface area contributed by atoms with Gasteiger partial charge in [-0.15, -0.1) is 0 Å². The Bertz CT molecular complexity index is 601. The number of aromatic nitrogens is 2. The third-order valence-corrected chi connectivity index (χ3v) is 3.48. The molecule has 0 aliphatic carbocycles. The average molecular weight is 257 g/mol. The van der Waals surface area contributed by atoms with Gasteiger partial charge < -0.3 is 5.32 Å². The van der Waals surface area contributed by atoms with Crippen LogP contribution in [0.4, 0.5) is 5.69 Å². The molecule has 1 N–H and O–H groups in total. The number of hydrogen-bond donors (Lipinski definition) is 1. The van der Waals surface area contributed by atoms with E-state index in [0.717, 1.165) is 16.9 Å². The van der Waals surface area contributed by atoms with Gasteiger partial charge >= 0.3 is 0 Å². The fraction of sp³-hybridized carbons (Fsp3) is 0.333. The highest BCUT2D eigenvalue weighted by Gasteiger charge is 2.17. The molecule has 0 bridgehead atoms. The fourth-order valence-electron chi connectivity index (χ4n) is 2.02. The van der Waals surface area contributed by atoms with Gasteiger partial charge in [0.1, 0.15) is 6.04 Å². The van der Waals surface area contributed by atoms with Crippen LogP contribution < -0.4 is 5.32 Å². The first kappa shape index (κ1) is 13.3. The molecular weight excluding hydrogens is 238 g/mol. The summed E-state index contributed by atoms with van der Waals surface area (Å²) in [5, 5.41) is 7.14. The van der Waals surface area contributed by atoms with Gasteiger partial charge in [-0.2, -0.15) is 5.10 Å². The molecule has 0 saturated carbocycles. The van der Waals surface area contributed by atoms with Crippen molar-refractivity contribution in [3.8, 4) is 0 Å². The summed E-state index contributed by atoms with van der Waals surface area (Å²) in [5.74, 6) is -0.0551. The van der Waals surface area contributed by atoms with E-state index >= 15 is 0 Å². The molecule has 1 atom stereocenters. The second kappa shape index (κ2) is 5.26. The Kier molecular flexibility index (Phi) is 3.69. The Morgan fingerprint density at radius 3 is 2.63 bits per heavy atom. The minimum Gasteiger partial charge on any atom is -0.324 e. The molecule has 1 aromatic carbocycles. The van der Waals surface area contributed by atoms with Gasteiger partial charge in [-0.1, -0.05) is 12.1 Å². The molecule has 0 fully saturated rings. The number of anilines is 1. The summed E-state index contributed by atoms with van der Waals surface area (Å²) < 4.78 is 1.72. The highest BCUT2D eigenvalue weighted by Crippen LogP contribution is 2.19. The highest BCUT2D eigenvalue weighted by molar-refractivity contribution is 5.94. The van der Waals surface area contributed by atoms with Crippen LogP contribution in [-0.4, -0.2) is 15.7 Å². The topological polar surface area (TPSA) is 46.9 Å². The first-order chi connectivity index (χ1) is 9.00. The van der Waals surface area contributed by atoms with Crippen molar-refractivity contribution in [1.82, 2.24) is 9.78 Å². The van der Waals surface area contributed by atoms with Crippen LogP contribution in [0.2, 0.25) is 0 Å². The first-order valence-corrected chi connectivity index (χ1v) is 6.38. The van der Waals surface area contributed by atoms with Crippen molar-refractivity contribution in [2.45, 2.75) is 33.7 Å². The van der Waals surface area contributed by atoms with Gasteiger partial charge in [0, 0.05) is 17.6 Å². The lowest BCUT2D eigenvalue weighted by atomic mass is 10.1. The molecule has 0 spiro atoms. The van der Waals surface area contributed by atoms with E-state index in [9.17, 15) is 4.79 Å². The zero-order valence-corrected chi connectivity index (χ0v) is 11.8. The van der Waals surface area contributed by atoms with E-state index in [0.29, 0.717) is 0 Å².